The van der Waals surface area contributed by atoms with Gasteiger partial charge >= 0.3 is 6.09 Å². The van der Waals surface area contributed by atoms with Crippen molar-refractivity contribution in [3.8, 4) is 22.8 Å². The molecule has 3 heterocycles. The second-order valence-electron chi connectivity index (χ2n) is 16.7. The minimum atomic E-state index is -2.02. The fourth-order valence-electron chi connectivity index (χ4n) is 6.45. The molecule has 4 aromatic rings. The van der Waals surface area contributed by atoms with Crippen molar-refractivity contribution >= 4 is 37.1 Å². The van der Waals surface area contributed by atoms with Crippen molar-refractivity contribution in [1.82, 2.24) is 19.9 Å². The van der Waals surface area contributed by atoms with E-state index in [2.05, 4.69) is 68.5 Å². The van der Waals surface area contributed by atoms with Gasteiger partial charge in [-0.25, -0.2) is 19.3 Å². The molecule has 0 saturated heterocycles. The number of pyridine rings is 1. The fourth-order valence-corrected chi connectivity index (χ4v) is 7.47. The van der Waals surface area contributed by atoms with E-state index in [1.165, 1.54) is 0 Å². The van der Waals surface area contributed by atoms with Crippen molar-refractivity contribution in [1.29, 1.82) is 0 Å². The average Bonchev–Trinajstić information content (AvgIpc) is 3.38. The van der Waals surface area contributed by atoms with E-state index in [1.807, 2.05) is 62.8 Å². The minimum absolute atomic E-state index is 0.0355. The molecule has 0 aliphatic heterocycles. The topological polar surface area (TPSA) is 137 Å². The van der Waals surface area contributed by atoms with Crippen molar-refractivity contribution in [2.45, 2.75) is 130 Å². The van der Waals surface area contributed by atoms with Gasteiger partial charge < -0.3 is 30.3 Å². The number of nitrogens with two attached hydrogens (primary N) is 1. The molecule has 5 rings (SSSR count). The second-order valence-corrected chi connectivity index (χ2v) is 21.5. The maximum atomic E-state index is 12.8. The maximum Gasteiger partial charge on any atom is 0.407 e. The van der Waals surface area contributed by atoms with Crippen LogP contribution in [0.2, 0.25) is 18.1 Å². The number of nitrogens with zero attached hydrogens (tertiary/aromatic N) is 4. The summed E-state index contributed by atoms with van der Waals surface area (Å²) in [4.78, 5) is 22.3. The minimum Gasteiger partial charge on any atom is -0.543 e. The van der Waals surface area contributed by atoms with Crippen LogP contribution in [0.4, 0.5) is 16.2 Å². The molecule has 2 atom stereocenters. The van der Waals surface area contributed by atoms with Crippen molar-refractivity contribution in [3.63, 3.8) is 0 Å². The lowest BCUT2D eigenvalue weighted by Crippen LogP contribution is -2.43. The van der Waals surface area contributed by atoms with Crippen LogP contribution in [0, 0.1) is 6.92 Å². The van der Waals surface area contributed by atoms with Crippen molar-refractivity contribution in [3.05, 3.63) is 65.6 Å². The number of nitrogens with one attached hydrogen (secondary N) is 2. The van der Waals surface area contributed by atoms with Gasteiger partial charge in [-0.3, -0.25) is 0 Å². The molecule has 4 N–H and O–H groups in total. The highest BCUT2D eigenvalue weighted by molar-refractivity contribution is 6.74. The van der Waals surface area contributed by atoms with Gasteiger partial charge in [-0.2, -0.15) is 5.10 Å². The summed E-state index contributed by atoms with van der Waals surface area (Å²) in [5, 5.41) is 11.9. The molecule has 1 amide bonds. The number of hydrogen-bond donors (Lipinski definition) is 3. The zero-order chi connectivity index (χ0) is 38.7. The number of amides is 1. The zero-order valence-corrected chi connectivity index (χ0v) is 34.5. The van der Waals surface area contributed by atoms with E-state index in [1.54, 1.807) is 13.3 Å². The van der Waals surface area contributed by atoms with Crippen LogP contribution in [0.5, 0.6) is 11.6 Å². The summed E-state index contributed by atoms with van der Waals surface area (Å²) in [5.41, 5.74) is 13.6. The fraction of sp³-hybridized carbons (Fsp3) is 0.512. The first-order chi connectivity index (χ1) is 24.9. The summed E-state index contributed by atoms with van der Waals surface area (Å²) in [6.45, 7) is 21.0. The molecule has 1 aromatic carbocycles. The Kier molecular flexibility index (Phi) is 11.8. The monoisotopic (exact) mass is 741 g/mol. The van der Waals surface area contributed by atoms with E-state index in [9.17, 15) is 4.79 Å². The van der Waals surface area contributed by atoms with Crippen LogP contribution < -0.4 is 25.5 Å². The predicted molar refractivity (Wildman–Crippen MR) is 217 cm³/mol. The first-order valence-electron chi connectivity index (χ1n) is 18.8. The van der Waals surface area contributed by atoms with E-state index in [-0.39, 0.29) is 17.1 Å². The van der Waals surface area contributed by atoms with Crippen LogP contribution in [0.1, 0.15) is 97.3 Å². The zero-order valence-electron chi connectivity index (χ0n) is 33.5. The average molecular weight is 742 g/mol. The lowest BCUT2D eigenvalue weighted by molar-refractivity contribution is 0.0499. The Balaban J connectivity index is 1.54. The van der Waals surface area contributed by atoms with E-state index in [0.29, 0.717) is 17.3 Å². The molecule has 1 fully saturated rings. The Morgan fingerprint density at radius 2 is 1.77 bits per heavy atom. The SMILES string of the molecule is CCc1cc(O[Si](C)(C)C(C)(C)C)ccc1N=C(N)c1cnn2cc(-c3cnc(OC)cc3C)cc2c1NC1CCCCC(NC(=O)OC(C)(C)C)C1. The van der Waals surface area contributed by atoms with E-state index in [0.717, 1.165) is 83.4 Å². The molecule has 1 saturated carbocycles. The number of anilines is 1. The number of methoxy groups -OCH3 is 1. The van der Waals surface area contributed by atoms with Crippen LogP contribution in [-0.4, -0.2) is 59.6 Å². The Bertz CT molecular complexity index is 1960. The van der Waals surface area contributed by atoms with E-state index >= 15 is 0 Å². The number of carbonyl (C=O) groups is 1. The molecule has 0 spiro atoms. The number of amidine groups is 1. The number of alkyl carbamates (subject to hydrolysis) is 1. The Hall–Kier alpha value is -4.58. The number of carbonyl (C=O) groups excluding carboxylic acids is 1. The van der Waals surface area contributed by atoms with Gasteiger partial charge in [-0.05, 0) is 107 Å². The number of rotatable bonds is 10. The molecule has 1 aliphatic rings. The maximum absolute atomic E-state index is 12.8. The smallest absolute Gasteiger partial charge is 0.407 e. The number of fused-ring (bicyclic) bond motifs is 1. The summed E-state index contributed by atoms with van der Waals surface area (Å²) in [7, 11) is -0.401. The van der Waals surface area contributed by atoms with Crippen molar-refractivity contribution in [2.75, 3.05) is 12.4 Å². The second kappa shape index (κ2) is 15.8. The van der Waals surface area contributed by atoms with Gasteiger partial charge in [0.1, 0.15) is 17.2 Å². The van der Waals surface area contributed by atoms with Crippen molar-refractivity contribution in [2.24, 2.45) is 10.7 Å². The third kappa shape index (κ3) is 9.70. The van der Waals surface area contributed by atoms with Crippen LogP contribution in [0.25, 0.3) is 16.6 Å². The molecule has 3 aromatic heterocycles. The van der Waals surface area contributed by atoms with Crippen molar-refractivity contribution < 1.29 is 18.7 Å². The lowest BCUT2D eigenvalue weighted by Gasteiger charge is -2.36. The normalized spacial score (nSPS) is 17.3. The third-order valence-corrected chi connectivity index (χ3v) is 14.7. The van der Waals surface area contributed by atoms with Crippen LogP contribution in [-0.2, 0) is 11.2 Å². The van der Waals surface area contributed by atoms with E-state index < -0.39 is 20.0 Å². The van der Waals surface area contributed by atoms with Gasteiger partial charge in [0.2, 0.25) is 14.2 Å². The summed E-state index contributed by atoms with van der Waals surface area (Å²) >= 11 is 0. The Morgan fingerprint density at radius 3 is 2.42 bits per heavy atom. The Morgan fingerprint density at radius 1 is 1.06 bits per heavy atom. The van der Waals surface area contributed by atoms with Gasteiger partial charge in [0.15, 0.2) is 0 Å². The highest BCUT2D eigenvalue weighted by Crippen LogP contribution is 2.39. The van der Waals surface area contributed by atoms with Crippen LogP contribution >= 0.6 is 0 Å². The molecule has 1 aliphatic carbocycles. The molecule has 0 bridgehead atoms. The summed E-state index contributed by atoms with van der Waals surface area (Å²) in [6, 6.07) is 10.2. The number of ether oxygens (including phenoxy) is 2. The van der Waals surface area contributed by atoms with Gasteiger partial charge in [0.05, 0.1) is 35.8 Å². The standard InChI is InChI=1S/C41H59N7O4Si/c1-12-27-20-31(52-53(10,11)41(6,7)8)17-18-34(27)47-38(42)33-24-44-48-25-28(32-23-43-36(50-9)19-26(32)2)21-35(48)37(33)45-29-15-13-14-16-30(22-29)46-39(49)51-40(3,4)5/h17-21,23-25,29-30,45H,12-16,22H2,1-11H3,(H2,42,47)(H,46,49). The number of benzene rings is 1. The number of aryl methyl sites for hydroxylation is 2. The molecule has 2 unspecified atom stereocenters. The molecule has 286 valence electrons. The third-order valence-electron chi connectivity index (χ3n) is 10.4. The quantitative estimate of drug-likeness (QED) is 0.0633. The van der Waals surface area contributed by atoms with Gasteiger partial charge in [-0.1, -0.05) is 40.5 Å². The predicted octanol–water partition coefficient (Wildman–Crippen LogP) is 9.33. The number of aliphatic imine (C=N–C) groups is 1. The molecule has 0 radical (unpaired) electrons. The molecule has 53 heavy (non-hydrogen) atoms. The first-order valence-corrected chi connectivity index (χ1v) is 21.7. The highest BCUT2D eigenvalue weighted by Gasteiger charge is 2.39. The summed E-state index contributed by atoms with van der Waals surface area (Å²) < 4.78 is 19.5. The highest BCUT2D eigenvalue weighted by atomic mass is 28.4. The molecular formula is C41H59N7O4Si. The van der Waals surface area contributed by atoms with Gasteiger partial charge in [0, 0.05) is 41.7 Å². The number of hydrogen-bond acceptors (Lipinski definition) is 8. The largest absolute Gasteiger partial charge is 0.543 e. The summed E-state index contributed by atoms with van der Waals surface area (Å²) in [5.74, 6) is 1.79. The summed E-state index contributed by atoms with van der Waals surface area (Å²) in [6.07, 6.45) is 10.6. The molecular weight excluding hydrogens is 683 g/mol. The van der Waals surface area contributed by atoms with Gasteiger partial charge in [0.25, 0.3) is 0 Å². The van der Waals surface area contributed by atoms with E-state index in [4.69, 9.17) is 29.7 Å². The molecule has 12 heteroatoms. The van der Waals surface area contributed by atoms with Crippen LogP contribution in [0.15, 0.2) is 53.9 Å². The molecule has 11 nitrogen and oxygen atoms in total. The number of aromatic nitrogens is 3. The Labute approximate surface area is 316 Å². The lowest BCUT2D eigenvalue weighted by atomic mass is 10.0. The van der Waals surface area contributed by atoms with Crippen LogP contribution in [0.3, 0.4) is 0 Å². The first kappa shape index (κ1) is 39.6. The van der Waals surface area contributed by atoms with Gasteiger partial charge in [-0.15, -0.1) is 0 Å².